The minimum atomic E-state index is -0.155. The largest absolute Gasteiger partial charge is 0.483 e. The Hall–Kier alpha value is -1.84. The van der Waals surface area contributed by atoms with E-state index in [0.717, 1.165) is 12.8 Å². The first-order chi connectivity index (χ1) is 9.62. The number of amides is 1. The molecule has 0 atom stereocenters. The fourth-order valence-electron chi connectivity index (χ4n) is 1.92. The summed E-state index contributed by atoms with van der Waals surface area (Å²) in [5.41, 5.74) is 0.533. The van der Waals surface area contributed by atoms with Crippen LogP contribution in [0.1, 0.15) is 50.4 Å². The molecule has 0 radical (unpaired) electrons. The summed E-state index contributed by atoms with van der Waals surface area (Å²) >= 11 is 0. The Morgan fingerprint density at radius 2 is 1.80 bits per heavy atom. The summed E-state index contributed by atoms with van der Waals surface area (Å²) in [6.07, 6.45) is 2.21. The third-order valence-electron chi connectivity index (χ3n) is 3.22. The molecule has 0 heterocycles. The van der Waals surface area contributed by atoms with Crippen LogP contribution in [0.25, 0.3) is 0 Å². The van der Waals surface area contributed by atoms with E-state index in [1.54, 1.807) is 31.2 Å². The molecule has 20 heavy (non-hydrogen) atoms. The second-order valence-electron chi connectivity index (χ2n) is 4.64. The predicted molar refractivity (Wildman–Crippen MR) is 79.1 cm³/mol. The smallest absolute Gasteiger partial charge is 0.258 e. The van der Waals surface area contributed by atoms with Gasteiger partial charge in [0.05, 0.1) is 5.56 Å². The van der Waals surface area contributed by atoms with Gasteiger partial charge < -0.3 is 10.1 Å². The molecule has 1 N–H and O–H groups in total. The van der Waals surface area contributed by atoms with E-state index >= 15 is 0 Å². The van der Waals surface area contributed by atoms with Crippen LogP contribution in [0.2, 0.25) is 0 Å². The maximum Gasteiger partial charge on any atom is 0.258 e. The zero-order chi connectivity index (χ0) is 15.0. The topological polar surface area (TPSA) is 55.4 Å². The Kier molecular flexibility index (Phi) is 6.77. The van der Waals surface area contributed by atoms with Crippen molar-refractivity contribution >= 4 is 11.7 Å². The number of benzene rings is 1. The second kappa shape index (κ2) is 8.35. The van der Waals surface area contributed by atoms with Crippen molar-refractivity contribution in [2.24, 2.45) is 0 Å². The van der Waals surface area contributed by atoms with Gasteiger partial charge in [-0.05, 0) is 25.0 Å². The fourth-order valence-corrected chi connectivity index (χ4v) is 1.92. The van der Waals surface area contributed by atoms with E-state index in [4.69, 9.17) is 4.74 Å². The number of hydrogen-bond donors (Lipinski definition) is 1. The van der Waals surface area contributed by atoms with Gasteiger partial charge in [0.15, 0.2) is 12.4 Å². The van der Waals surface area contributed by atoms with Crippen molar-refractivity contribution in [3.05, 3.63) is 29.8 Å². The maximum atomic E-state index is 11.8. The lowest BCUT2D eigenvalue weighted by Crippen LogP contribution is -2.37. The Morgan fingerprint density at radius 1 is 1.15 bits per heavy atom. The molecule has 0 saturated carbocycles. The molecule has 0 spiro atoms. The summed E-state index contributed by atoms with van der Waals surface area (Å²) in [5.74, 6) is 0.331. The van der Waals surface area contributed by atoms with E-state index in [-0.39, 0.29) is 24.3 Å². The highest BCUT2D eigenvalue weighted by Crippen LogP contribution is 2.19. The monoisotopic (exact) mass is 277 g/mol. The third-order valence-corrected chi connectivity index (χ3v) is 3.22. The van der Waals surface area contributed by atoms with E-state index in [9.17, 15) is 9.59 Å². The number of rotatable bonds is 8. The van der Waals surface area contributed by atoms with E-state index in [2.05, 4.69) is 5.32 Å². The number of carbonyl (C=O) groups excluding carboxylic acids is 2. The SMILES string of the molecule is CCC(=O)c1ccccc1OCC(=O)NC(CC)CC. The predicted octanol–water partition coefficient (Wildman–Crippen LogP) is 2.96. The van der Waals surface area contributed by atoms with Crippen LogP contribution in [0.4, 0.5) is 0 Å². The van der Waals surface area contributed by atoms with Gasteiger partial charge in [-0.3, -0.25) is 9.59 Å². The van der Waals surface area contributed by atoms with Crippen LogP contribution in [-0.4, -0.2) is 24.3 Å². The molecule has 4 heteroatoms. The van der Waals surface area contributed by atoms with E-state index in [0.29, 0.717) is 17.7 Å². The molecule has 0 aliphatic carbocycles. The molecule has 0 saturated heterocycles. The van der Waals surface area contributed by atoms with Gasteiger partial charge >= 0.3 is 0 Å². The molecule has 0 aromatic heterocycles. The lowest BCUT2D eigenvalue weighted by molar-refractivity contribution is -0.123. The van der Waals surface area contributed by atoms with Crippen LogP contribution >= 0.6 is 0 Å². The number of ketones is 1. The molecule has 1 aromatic rings. The molecule has 1 amide bonds. The van der Waals surface area contributed by atoms with Gasteiger partial charge in [0, 0.05) is 12.5 Å². The molecule has 1 aromatic carbocycles. The zero-order valence-electron chi connectivity index (χ0n) is 12.4. The summed E-state index contributed by atoms with van der Waals surface area (Å²) in [7, 11) is 0. The van der Waals surface area contributed by atoms with Crippen molar-refractivity contribution in [2.45, 2.75) is 46.1 Å². The minimum absolute atomic E-state index is 0.0148. The number of carbonyl (C=O) groups is 2. The Balaban J connectivity index is 2.61. The van der Waals surface area contributed by atoms with E-state index in [1.807, 2.05) is 13.8 Å². The number of hydrogen-bond acceptors (Lipinski definition) is 3. The van der Waals surface area contributed by atoms with Gasteiger partial charge in [-0.15, -0.1) is 0 Å². The summed E-state index contributed by atoms with van der Waals surface area (Å²) in [6, 6.07) is 7.20. The standard InChI is InChI=1S/C16H23NO3/c1-4-12(5-2)17-16(19)11-20-15-10-8-7-9-13(15)14(18)6-3/h7-10,12H,4-6,11H2,1-3H3,(H,17,19). The van der Waals surface area contributed by atoms with Crippen molar-refractivity contribution < 1.29 is 14.3 Å². The number of Topliss-reactive ketones (excluding diaryl/α,β-unsaturated/α-hetero) is 1. The average Bonchev–Trinajstić information content (AvgIpc) is 2.50. The molecule has 1 rings (SSSR count). The third kappa shape index (κ3) is 4.68. The average molecular weight is 277 g/mol. The molecule has 0 fully saturated rings. The van der Waals surface area contributed by atoms with E-state index < -0.39 is 0 Å². The molecular weight excluding hydrogens is 254 g/mol. The molecule has 0 bridgehead atoms. The zero-order valence-corrected chi connectivity index (χ0v) is 12.4. The van der Waals surface area contributed by atoms with Crippen molar-refractivity contribution in [1.82, 2.24) is 5.32 Å². The maximum absolute atomic E-state index is 11.8. The first-order valence-corrected chi connectivity index (χ1v) is 7.16. The fraction of sp³-hybridized carbons (Fsp3) is 0.500. The van der Waals surface area contributed by atoms with Crippen LogP contribution in [0.15, 0.2) is 24.3 Å². The first kappa shape index (κ1) is 16.2. The highest BCUT2D eigenvalue weighted by atomic mass is 16.5. The van der Waals surface area contributed by atoms with Gasteiger partial charge in [-0.25, -0.2) is 0 Å². The van der Waals surface area contributed by atoms with Gasteiger partial charge in [0.2, 0.25) is 0 Å². The quantitative estimate of drug-likeness (QED) is 0.743. The highest BCUT2D eigenvalue weighted by Gasteiger charge is 2.13. The Bertz CT molecular complexity index is 453. The Labute approximate surface area is 120 Å². The van der Waals surface area contributed by atoms with Gasteiger partial charge in [0.25, 0.3) is 5.91 Å². The van der Waals surface area contributed by atoms with Crippen LogP contribution in [-0.2, 0) is 4.79 Å². The number of ether oxygens (including phenoxy) is 1. The molecular formula is C16H23NO3. The van der Waals surface area contributed by atoms with E-state index in [1.165, 1.54) is 0 Å². The number of para-hydroxylation sites is 1. The van der Waals surface area contributed by atoms with Gasteiger partial charge in [-0.2, -0.15) is 0 Å². The molecule has 4 nitrogen and oxygen atoms in total. The van der Waals surface area contributed by atoms with Crippen molar-refractivity contribution in [1.29, 1.82) is 0 Å². The van der Waals surface area contributed by atoms with Crippen molar-refractivity contribution in [3.8, 4) is 5.75 Å². The summed E-state index contributed by atoms with van der Waals surface area (Å²) in [6.45, 7) is 5.80. The molecule has 0 unspecified atom stereocenters. The first-order valence-electron chi connectivity index (χ1n) is 7.16. The van der Waals surface area contributed by atoms with Crippen molar-refractivity contribution in [3.63, 3.8) is 0 Å². The van der Waals surface area contributed by atoms with Crippen LogP contribution < -0.4 is 10.1 Å². The van der Waals surface area contributed by atoms with Crippen LogP contribution in [0.5, 0.6) is 5.75 Å². The van der Waals surface area contributed by atoms with Crippen LogP contribution in [0, 0.1) is 0 Å². The van der Waals surface area contributed by atoms with Gasteiger partial charge in [-0.1, -0.05) is 32.9 Å². The normalized spacial score (nSPS) is 10.4. The summed E-state index contributed by atoms with van der Waals surface area (Å²) < 4.78 is 5.48. The molecule has 0 aliphatic heterocycles. The summed E-state index contributed by atoms with van der Waals surface area (Å²) in [5, 5.41) is 2.90. The lowest BCUT2D eigenvalue weighted by Gasteiger charge is -2.15. The van der Waals surface area contributed by atoms with Crippen molar-refractivity contribution in [2.75, 3.05) is 6.61 Å². The lowest BCUT2D eigenvalue weighted by atomic mass is 10.1. The second-order valence-corrected chi connectivity index (χ2v) is 4.64. The van der Waals surface area contributed by atoms with Crippen LogP contribution in [0.3, 0.4) is 0 Å². The Morgan fingerprint density at radius 3 is 2.40 bits per heavy atom. The number of nitrogens with one attached hydrogen (secondary N) is 1. The minimum Gasteiger partial charge on any atom is -0.483 e. The highest BCUT2D eigenvalue weighted by molar-refractivity contribution is 5.98. The molecule has 0 aliphatic rings. The van der Waals surface area contributed by atoms with Gasteiger partial charge in [0.1, 0.15) is 5.75 Å². The summed E-state index contributed by atoms with van der Waals surface area (Å²) in [4.78, 5) is 23.5. The molecule has 110 valence electrons.